The zero-order valence-corrected chi connectivity index (χ0v) is 23.6. The molecule has 0 unspecified atom stereocenters. The van der Waals surface area contributed by atoms with Crippen molar-refractivity contribution in [2.45, 2.75) is 27.2 Å². The van der Waals surface area contributed by atoms with Gasteiger partial charge in [0.25, 0.3) is 0 Å². The number of carbonyl (C=O) groups is 2. The van der Waals surface area contributed by atoms with Gasteiger partial charge in [0.05, 0.1) is 6.61 Å². The number of urea groups is 2. The monoisotopic (exact) mass is 552 g/mol. The first-order chi connectivity index (χ1) is 19.9. The van der Waals surface area contributed by atoms with Gasteiger partial charge < -0.3 is 25.4 Å². The van der Waals surface area contributed by atoms with Gasteiger partial charge in [0.15, 0.2) is 0 Å². The normalized spacial score (nSPS) is 10.4. The number of hydrogen-bond donors (Lipinski definition) is 3. The van der Waals surface area contributed by atoms with Crippen LogP contribution in [0.25, 0.3) is 0 Å². The molecule has 3 N–H and O–H groups in total. The largest absolute Gasteiger partial charge is 0.494 e. The number of aryl methyl sites for hydroxylation is 2. The fourth-order valence-electron chi connectivity index (χ4n) is 4.27. The average molecular weight is 553 g/mol. The Balaban J connectivity index is 1.40. The van der Waals surface area contributed by atoms with Crippen LogP contribution < -0.4 is 30.3 Å². The van der Waals surface area contributed by atoms with Crippen LogP contribution in [0, 0.1) is 13.8 Å². The van der Waals surface area contributed by atoms with Crippen LogP contribution in [0.4, 0.5) is 26.7 Å². The molecule has 0 aromatic heterocycles. The van der Waals surface area contributed by atoms with Crippen LogP contribution in [0.5, 0.6) is 17.2 Å². The number of amides is 4. The summed E-state index contributed by atoms with van der Waals surface area (Å²) in [5.74, 6) is 2.13. The molecule has 8 nitrogen and oxygen atoms in total. The highest BCUT2D eigenvalue weighted by Gasteiger charge is 2.17. The molecule has 0 saturated heterocycles. The minimum atomic E-state index is -0.286. The summed E-state index contributed by atoms with van der Waals surface area (Å²) in [4.78, 5) is 27.6. The molecule has 0 heterocycles. The predicted octanol–water partition coefficient (Wildman–Crippen LogP) is 7.74. The summed E-state index contributed by atoms with van der Waals surface area (Å²) < 4.78 is 11.4. The van der Waals surface area contributed by atoms with E-state index in [0.29, 0.717) is 43.2 Å². The Hall–Kier alpha value is -4.98. The van der Waals surface area contributed by atoms with Crippen molar-refractivity contribution in [2.24, 2.45) is 0 Å². The van der Waals surface area contributed by atoms with Crippen LogP contribution in [0.15, 0.2) is 97.1 Å². The molecule has 4 aromatic carbocycles. The molecule has 0 fully saturated rings. The van der Waals surface area contributed by atoms with Crippen molar-refractivity contribution >= 4 is 29.1 Å². The summed E-state index contributed by atoms with van der Waals surface area (Å²) in [5.41, 5.74) is 4.15. The number of rotatable bonds is 11. The van der Waals surface area contributed by atoms with E-state index in [1.54, 1.807) is 17.0 Å². The lowest BCUT2D eigenvalue weighted by Crippen LogP contribution is -2.38. The van der Waals surface area contributed by atoms with Crippen molar-refractivity contribution < 1.29 is 19.1 Å². The van der Waals surface area contributed by atoms with E-state index in [1.807, 2.05) is 106 Å². The Morgan fingerprint density at radius 2 is 1.37 bits per heavy atom. The fraction of sp³-hybridized carbons (Fsp3) is 0.212. The van der Waals surface area contributed by atoms with Crippen molar-refractivity contribution in [1.29, 1.82) is 0 Å². The van der Waals surface area contributed by atoms with E-state index >= 15 is 0 Å². The Labute approximate surface area is 241 Å². The molecule has 0 aliphatic heterocycles. The van der Waals surface area contributed by atoms with E-state index in [2.05, 4.69) is 16.0 Å². The molecule has 0 aliphatic carbocycles. The van der Waals surface area contributed by atoms with Gasteiger partial charge >= 0.3 is 12.1 Å². The van der Waals surface area contributed by atoms with Crippen LogP contribution in [-0.2, 0) is 0 Å². The highest BCUT2D eigenvalue weighted by molar-refractivity contribution is 6.01. The minimum Gasteiger partial charge on any atom is -0.494 e. The molecule has 4 aromatic rings. The highest BCUT2D eigenvalue weighted by Crippen LogP contribution is 2.25. The molecule has 0 bridgehead atoms. The maximum absolute atomic E-state index is 13.4. The Bertz CT molecular complexity index is 1400. The van der Waals surface area contributed by atoms with Gasteiger partial charge in [-0.2, -0.15) is 0 Å². The lowest BCUT2D eigenvalue weighted by Gasteiger charge is -2.24. The minimum absolute atomic E-state index is 0.282. The third-order valence-electron chi connectivity index (χ3n) is 6.35. The third-order valence-corrected chi connectivity index (χ3v) is 6.35. The number of hydrogen-bond acceptors (Lipinski definition) is 4. The Morgan fingerprint density at radius 3 is 2.02 bits per heavy atom. The molecular formula is C33H36N4O4. The second kappa shape index (κ2) is 14.4. The number of ether oxygens (including phenoxy) is 2. The Kier molecular flexibility index (Phi) is 10.2. The summed E-state index contributed by atoms with van der Waals surface area (Å²) in [6, 6.07) is 29.4. The molecule has 0 spiro atoms. The number of para-hydroxylation sites is 2. The van der Waals surface area contributed by atoms with Gasteiger partial charge in [0.1, 0.15) is 17.2 Å². The molecule has 212 valence electrons. The predicted molar refractivity (Wildman–Crippen MR) is 164 cm³/mol. The molecule has 0 atom stereocenters. The molecule has 4 rings (SSSR count). The standard InChI is InChI=1S/C33H36N4O4/c1-4-40-28-18-14-26(15-19-28)35-33(39)37(27-16-20-30(21-17-27)41-29-12-6-5-7-13-29)23-9-22-34-32(38)36-31-24(2)10-8-11-25(31)3/h5-8,10-21H,4,9,22-23H2,1-3H3,(H,35,39)(H2,34,36,38). The van der Waals surface area contributed by atoms with Crippen molar-refractivity contribution in [3.05, 3.63) is 108 Å². The second-order valence-corrected chi connectivity index (χ2v) is 9.45. The summed E-state index contributed by atoms with van der Waals surface area (Å²) in [6.07, 6.45) is 0.541. The Morgan fingerprint density at radius 1 is 0.732 bits per heavy atom. The SMILES string of the molecule is CCOc1ccc(NC(=O)N(CCCNC(=O)Nc2c(C)cccc2C)c2ccc(Oc3ccccc3)cc2)cc1. The van der Waals surface area contributed by atoms with E-state index in [9.17, 15) is 9.59 Å². The van der Waals surface area contributed by atoms with Crippen LogP contribution in [0.2, 0.25) is 0 Å². The maximum Gasteiger partial charge on any atom is 0.326 e. The quantitative estimate of drug-likeness (QED) is 0.166. The zero-order valence-electron chi connectivity index (χ0n) is 23.6. The lowest BCUT2D eigenvalue weighted by molar-refractivity contribution is 0.252. The first-order valence-corrected chi connectivity index (χ1v) is 13.7. The van der Waals surface area contributed by atoms with Gasteiger partial charge in [-0.05, 0) is 99.0 Å². The molecule has 41 heavy (non-hydrogen) atoms. The van der Waals surface area contributed by atoms with Crippen molar-refractivity contribution in [3.8, 4) is 17.2 Å². The van der Waals surface area contributed by atoms with Crippen LogP contribution >= 0.6 is 0 Å². The average Bonchev–Trinajstić information content (AvgIpc) is 2.97. The fourth-order valence-corrected chi connectivity index (χ4v) is 4.27. The van der Waals surface area contributed by atoms with E-state index < -0.39 is 0 Å². The van der Waals surface area contributed by atoms with Crippen LogP contribution in [0.3, 0.4) is 0 Å². The van der Waals surface area contributed by atoms with Crippen LogP contribution in [0.1, 0.15) is 24.5 Å². The molecule has 4 amide bonds. The zero-order chi connectivity index (χ0) is 29.0. The maximum atomic E-state index is 13.4. The number of carbonyl (C=O) groups excluding carboxylic acids is 2. The molecule has 0 saturated carbocycles. The van der Waals surface area contributed by atoms with Crippen molar-refractivity contribution in [2.75, 3.05) is 35.2 Å². The smallest absolute Gasteiger partial charge is 0.326 e. The van der Waals surface area contributed by atoms with Gasteiger partial charge in [-0.1, -0.05) is 36.4 Å². The van der Waals surface area contributed by atoms with Gasteiger partial charge in [0.2, 0.25) is 0 Å². The first kappa shape index (κ1) is 29.0. The molecular weight excluding hydrogens is 516 g/mol. The number of anilines is 3. The van der Waals surface area contributed by atoms with E-state index in [-0.39, 0.29) is 12.1 Å². The van der Waals surface area contributed by atoms with Gasteiger partial charge in [0, 0.05) is 30.2 Å². The van der Waals surface area contributed by atoms with Crippen LogP contribution in [-0.4, -0.2) is 31.8 Å². The van der Waals surface area contributed by atoms with Gasteiger partial charge in [-0.3, -0.25) is 4.90 Å². The highest BCUT2D eigenvalue weighted by atomic mass is 16.5. The number of nitrogens with one attached hydrogen (secondary N) is 3. The lowest BCUT2D eigenvalue weighted by atomic mass is 10.1. The van der Waals surface area contributed by atoms with Crippen molar-refractivity contribution in [1.82, 2.24) is 5.32 Å². The van der Waals surface area contributed by atoms with E-state index in [4.69, 9.17) is 9.47 Å². The molecule has 0 radical (unpaired) electrons. The second-order valence-electron chi connectivity index (χ2n) is 9.45. The molecule has 0 aliphatic rings. The summed E-state index contributed by atoms with van der Waals surface area (Å²) in [7, 11) is 0. The summed E-state index contributed by atoms with van der Waals surface area (Å²) >= 11 is 0. The number of nitrogens with zero attached hydrogens (tertiary/aromatic N) is 1. The summed E-state index contributed by atoms with van der Waals surface area (Å²) in [6.45, 7) is 7.18. The molecule has 8 heteroatoms. The topological polar surface area (TPSA) is 91.9 Å². The van der Waals surface area contributed by atoms with Crippen molar-refractivity contribution in [3.63, 3.8) is 0 Å². The first-order valence-electron chi connectivity index (χ1n) is 13.7. The summed E-state index contributed by atoms with van der Waals surface area (Å²) in [5, 5.41) is 8.78. The number of benzene rings is 4. The van der Waals surface area contributed by atoms with E-state index in [0.717, 1.165) is 28.3 Å². The van der Waals surface area contributed by atoms with Gasteiger partial charge in [-0.15, -0.1) is 0 Å². The third kappa shape index (κ3) is 8.50. The van der Waals surface area contributed by atoms with E-state index in [1.165, 1.54) is 0 Å². The van der Waals surface area contributed by atoms with Gasteiger partial charge in [-0.25, -0.2) is 9.59 Å².